The molecule has 12 nitrogen and oxygen atoms in total. The van der Waals surface area contributed by atoms with E-state index >= 15 is 0 Å². The molecule has 0 aliphatic carbocycles. The van der Waals surface area contributed by atoms with Crippen molar-refractivity contribution in [2.45, 2.75) is 0 Å². The molecule has 1 aromatic rings. The fourth-order valence-corrected chi connectivity index (χ4v) is 5.51. The van der Waals surface area contributed by atoms with Crippen molar-refractivity contribution in [3.05, 3.63) is 17.7 Å². The van der Waals surface area contributed by atoms with Crippen LogP contribution in [0.3, 0.4) is 0 Å². The van der Waals surface area contributed by atoms with Gasteiger partial charge in [-0.15, -0.1) is 0 Å². The Hall–Kier alpha value is -2.61. The molecule has 2 aliphatic rings. The second kappa shape index (κ2) is 11.2. The van der Waals surface area contributed by atoms with E-state index in [1.165, 1.54) is 42.1 Å². The van der Waals surface area contributed by atoms with E-state index < -0.39 is 16.1 Å². The Bertz CT molecular complexity index is 962. The van der Waals surface area contributed by atoms with Gasteiger partial charge in [0.25, 0.3) is 16.1 Å². The number of ether oxygens (including phenoxy) is 3. The van der Waals surface area contributed by atoms with Crippen molar-refractivity contribution in [3.8, 4) is 17.2 Å². The number of nitrogens with zero attached hydrogens (tertiary/aromatic N) is 4. The maximum atomic E-state index is 12.9. The molecule has 0 aromatic heterocycles. The van der Waals surface area contributed by atoms with Gasteiger partial charge in [-0.05, 0) is 19.2 Å². The van der Waals surface area contributed by atoms with Gasteiger partial charge in [-0.1, -0.05) is 0 Å². The molecule has 0 saturated carbocycles. The summed E-state index contributed by atoms with van der Waals surface area (Å²) in [4.78, 5) is 28.9. The van der Waals surface area contributed by atoms with Gasteiger partial charge in [0.05, 0.1) is 27.9 Å². The van der Waals surface area contributed by atoms with Gasteiger partial charge in [0.15, 0.2) is 11.5 Å². The van der Waals surface area contributed by atoms with Gasteiger partial charge in [-0.3, -0.25) is 9.59 Å². The third-order valence-electron chi connectivity index (χ3n) is 6.03. The lowest BCUT2D eigenvalue weighted by molar-refractivity contribution is -0.131. The highest BCUT2D eigenvalue weighted by atomic mass is 32.2. The molecule has 2 amide bonds. The number of nitrogens with one attached hydrogen (secondary N) is 1. The zero-order valence-electron chi connectivity index (χ0n) is 20.1. The van der Waals surface area contributed by atoms with Crippen LogP contribution in [0, 0.1) is 0 Å². The van der Waals surface area contributed by atoms with Gasteiger partial charge in [-0.25, -0.2) is 0 Å². The Kier molecular flexibility index (Phi) is 8.57. The summed E-state index contributed by atoms with van der Waals surface area (Å²) in [7, 11) is 2.80. The number of methoxy groups -OCH3 is 3. The average molecular weight is 500 g/mol. The molecule has 2 aliphatic heterocycles. The molecule has 190 valence electrons. The molecule has 2 saturated heterocycles. The molecule has 1 aromatic carbocycles. The summed E-state index contributed by atoms with van der Waals surface area (Å²) in [6.07, 6.45) is 0. The van der Waals surface area contributed by atoms with Crippen LogP contribution >= 0.6 is 0 Å². The Balaban J connectivity index is 1.53. The molecular formula is C21H33N5O7S. The number of rotatable bonds is 8. The van der Waals surface area contributed by atoms with Crippen LogP contribution in [0.25, 0.3) is 0 Å². The van der Waals surface area contributed by atoms with E-state index in [9.17, 15) is 18.0 Å². The molecule has 34 heavy (non-hydrogen) atoms. The van der Waals surface area contributed by atoms with Crippen LogP contribution < -0.4 is 19.5 Å². The smallest absolute Gasteiger partial charge is 0.282 e. The number of hydrogen-bond donors (Lipinski definition) is 1. The Morgan fingerprint density at radius 3 is 1.82 bits per heavy atom. The minimum atomic E-state index is -3.54. The zero-order chi connectivity index (χ0) is 24.9. The highest BCUT2D eigenvalue weighted by Gasteiger charge is 2.34. The molecule has 2 heterocycles. The largest absolute Gasteiger partial charge is 0.493 e. The second-order valence-corrected chi connectivity index (χ2v) is 10.0. The Morgan fingerprint density at radius 2 is 1.35 bits per heavy atom. The van der Waals surface area contributed by atoms with Crippen molar-refractivity contribution >= 4 is 22.0 Å². The maximum absolute atomic E-state index is 12.9. The maximum Gasteiger partial charge on any atom is 0.282 e. The van der Waals surface area contributed by atoms with Gasteiger partial charge in [0.2, 0.25) is 11.7 Å². The summed E-state index contributed by atoms with van der Waals surface area (Å²) in [5.41, 5.74) is 0.255. The second-order valence-electron chi connectivity index (χ2n) is 8.09. The first kappa shape index (κ1) is 26.0. The van der Waals surface area contributed by atoms with E-state index in [0.717, 1.165) is 0 Å². The van der Waals surface area contributed by atoms with E-state index in [1.54, 1.807) is 4.90 Å². The predicted octanol–water partition coefficient (Wildman–Crippen LogP) is -0.921. The van der Waals surface area contributed by atoms with E-state index in [0.29, 0.717) is 43.4 Å². The molecule has 2 fully saturated rings. The molecule has 0 bridgehead atoms. The normalized spacial score (nSPS) is 18.4. The summed E-state index contributed by atoms with van der Waals surface area (Å²) < 4.78 is 44.5. The molecule has 13 heteroatoms. The zero-order valence-corrected chi connectivity index (χ0v) is 20.9. The van der Waals surface area contributed by atoms with Crippen LogP contribution in [0.15, 0.2) is 12.1 Å². The van der Waals surface area contributed by atoms with Gasteiger partial charge in [0.1, 0.15) is 0 Å². The first-order valence-electron chi connectivity index (χ1n) is 11.0. The highest BCUT2D eigenvalue weighted by molar-refractivity contribution is 7.86. The van der Waals surface area contributed by atoms with Crippen LogP contribution in [-0.4, -0.2) is 126 Å². The topological polar surface area (TPSA) is 121 Å². The van der Waals surface area contributed by atoms with Gasteiger partial charge in [0, 0.05) is 57.9 Å². The van der Waals surface area contributed by atoms with E-state index in [4.69, 9.17) is 14.2 Å². The lowest BCUT2D eigenvalue weighted by Gasteiger charge is -2.39. The Labute approximate surface area is 200 Å². The summed E-state index contributed by atoms with van der Waals surface area (Å²) in [6, 6.07) is 3.01. The summed E-state index contributed by atoms with van der Waals surface area (Å²) in [5, 5.41) is 2.61. The van der Waals surface area contributed by atoms with Crippen LogP contribution in [0.5, 0.6) is 17.2 Å². The number of hydrogen-bond acceptors (Lipinski definition) is 8. The van der Waals surface area contributed by atoms with Crippen molar-refractivity contribution < 1.29 is 32.2 Å². The van der Waals surface area contributed by atoms with E-state index in [1.807, 2.05) is 7.05 Å². The molecule has 0 unspecified atom stereocenters. The van der Waals surface area contributed by atoms with Gasteiger partial charge in [-0.2, -0.15) is 17.0 Å². The standard InChI is InChI=1S/C21H33N5O7S/c1-23-5-9-25(10-6-23)34(29,30)26-11-7-24(8-12-26)19(27)15-22-21(28)16-13-17(31-2)20(33-4)18(14-16)32-3/h13-14H,5-12,15H2,1-4H3,(H,22,28). The fourth-order valence-electron chi connectivity index (χ4n) is 3.93. The molecule has 3 rings (SSSR count). The fraction of sp³-hybridized carbons (Fsp3) is 0.619. The highest BCUT2D eigenvalue weighted by Crippen LogP contribution is 2.38. The van der Waals surface area contributed by atoms with Crippen molar-refractivity contribution in [1.29, 1.82) is 0 Å². The van der Waals surface area contributed by atoms with Crippen molar-refractivity contribution in [2.24, 2.45) is 0 Å². The molecule has 1 N–H and O–H groups in total. The number of amides is 2. The van der Waals surface area contributed by atoms with Crippen LogP contribution in [0.1, 0.15) is 10.4 Å². The van der Waals surface area contributed by atoms with E-state index in [-0.39, 0.29) is 44.2 Å². The summed E-state index contributed by atoms with van der Waals surface area (Å²) >= 11 is 0. The average Bonchev–Trinajstić information content (AvgIpc) is 2.86. The lowest BCUT2D eigenvalue weighted by atomic mass is 10.1. The van der Waals surface area contributed by atoms with Crippen molar-refractivity contribution in [1.82, 2.24) is 23.7 Å². The number of likely N-dealkylation sites (N-methyl/N-ethyl adjacent to an activating group) is 1. The number of benzene rings is 1. The van der Waals surface area contributed by atoms with E-state index in [2.05, 4.69) is 10.2 Å². The van der Waals surface area contributed by atoms with Crippen LogP contribution in [0.4, 0.5) is 0 Å². The van der Waals surface area contributed by atoms with Crippen LogP contribution in [0.2, 0.25) is 0 Å². The van der Waals surface area contributed by atoms with Crippen molar-refractivity contribution in [3.63, 3.8) is 0 Å². The monoisotopic (exact) mass is 499 g/mol. The molecule has 0 radical (unpaired) electrons. The third-order valence-corrected chi connectivity index (χ3v) is 8.07. The van der Waals surface area contributed by atoms with Crippen molar-refractivity contribution in [2.75, 3.05) is 87.3 Å². The number of carbonyl (C=O) groups excluding carboxylic acids is 2. The molecule has 0 spiro atoms. The minimum absolute atomic E-state index is 0.208. The molecule has 0 atom stereocenters. The summed E-state index contributed by atoms with van der Waals surface area (Å²) in [5.74, 6) is 0.273. The van der Waals surface area contributed by atoms with Gasteiger partial charge >= 0.3 is 0 Å². The summed E-state index contributed by atoms with van der Waals surface area (Å²) in [6.45, 7) is 3.10. The SMILES string of the molecule is COc1cc(C(=O)NCC(=O)N2CCN(S(=O)(=O)N3CCN(C)CC3)CC2)cc(OC)c1OC. The quantitative estimate of drug-likeness (QED) is 0.488. The number of carbonyl (C=O) groups is 2. The third kappa shape index (κ3) is 5.71. The van der Waals surface area contributed by atoms with Gasteiger partial charge < -0.3 is 29.3 Å². The first-order valence-corrected chi connectivity index (χ1v) is 12.4. The first-order chi connectivity index (χ1) is 16.2. The predicted molar refractivity (Wildman–Crippen MR) is 125 cm³/mol. The minimum Gasteiger partial charge on any atom is -0.493 e. The molecular weight excluding hydrogens is 466 g/mol. The lowest BCUT2D eigenvalue weighted by Crippen LogP contribution is -2.57. The number of piperazine rings is 2. The van der Waals surface area contributed by atoms with Crippen LogP contribution in [-0.2, 0) is 15.0 Å². The Morgan fingerprint density at radius 1 is 0.853 bits per heavy atom.